The van der Waals surface area contributed by atoms with Gasteiger partial charge in [0.2, 0.25) is 15.9 Å². The predicted molar refractivity (Wildman–Crippen MR) is 180 cm³/mol. The van der Waals surface area contributed by atoms with Crippen LogP contribution >= 0.6 is 11.6 Å². The molecule has 53 heavy (non-hydrogen) atoms. The Hall–Kier alpha value is -5.17. The summed E-state index contributed by atoms with van der Waals surface area (Å²) in [6.07, 6.45) is -1.55. The Bertz CT molecular complexity index is 2610. The summed E-state index contributed by atoms with van der Waals surface area (Å²) in [4.78, 5) is 18.4. The molecule has 4 N–H and O–H groups in total. The number of rotatable bonds is 10. The quantitative estimate of drug-likeness (QED) is 0.139. The van der Waals surface area contributed by atoms with Crippen LogP contribution in [0.15, 0.2) is 42.6 Å². The van der Waals surface area contributed by atoms with Gasteiger partial charge in [0.1, 0.15) is 34.6 Å². The lowest BCUT2D eigenvalue weighted by molar-refractivity contribution is -0.122. The Morgan fingerprint density at radius 3 is 2.49 bits per heavy atom. The van der Waals surface area contributed by atoms with Crippen LogP contribution in [-0.4, -0.2) is 55.3 Å². The first kappa shape index (κ1) is 34.9. The molecule has 0 spiro atoms. The fourth-order valence-electron chi connectivity index (χ4n) is 7.68. The van der Waals surface area contributed by atoms with Crippen LogP contribution in [0.3, 0.4) is 0 Å². The monoisotopic (exact) mass is 777 g/mol. The van der Waals surface area contributed by atoms with Crippen molar-refractivity contribution in [2.75, 3.05) is 11.0 Å². The van der Waals surface area contributed by atoms with Crippen LogP contribution in [0.5, 0.6) is 0 Å². The van der Waals surface area contributed by atoms with Gasteiger partial charge in [0, 0.05) is 41.6 Å². The van der Waals surface area contributed by atoms with Gasteiger partial charge in [0.15, 0.2) is 5.82 Å². The zero-order valence-electron chi connectivity index (χ0n) is 27.4. The molecule has 6 aromatic rings. The number of halogens is 7. The van der Waals surface area contributed by atoms with Gasteiger partial charge in [-0.2, -0.15) is 24.1 Å². The lowest BCUT2D eigenvalue weighted by Gasteiger charge is -2.29. The summed E-state index contributed by atoms with van der Waals surface area (Å²) in [5, 5.41) is 15.3. The summed E-state index contributed by atoms with van der Waals surface area (Å²) in [6.45, 7) is 0. The molecular weight excluding hydrogens is 752 g/mol. The lowest BCUT2D eigenvalue weighted by atomic mass is 9.84. The molecule has 2 aliphatic rings. The number of carbonyl (C=O) groups excluding carboxylic acids is 1. The van der Waals surface area contributed by atoms with Gasteiger partial charge >= 0.3 is 0 Å². The Kier molecular flexibility index (Phi) is 7.85. The van der Waals surface area contributed by atoms with Crippen molar-refractivity contribution < 1.29 is 39.6 Å². The number of H-pyrrole nitrogens is 1. The summed E-state index contributed by atoms with van der Waals surface area (Å²) in [5.74, 6) is -10.7. The van der Waals surface area contributed by atoms with Crippen LogP contribution in [0.1, 0.15) is 58.9 Å². The number of aromatic amines is 1. The van der Waals surface area contributed by atoms with E-state index in [1.807, 2.05) is 0 Å². The minimum absolute atomic E-state index is 0.0467. The number of nitrogens with two attached hydrogens (primary N) is 1. The molecule has 0 bridgehead atoms. The van der Waals surface area contributed by atoms with Gasteiger partial charge in [-0.25, -0.2) is 35.6 Å². The number of hydrogen-bond donors (Lipinski definition) is 3. The molecular formula is C33H26ClF6N9O3S. The highest BCUT2D eigenvalue weighted by molar-refractivity contribution is 7.92. The number of aryl methyl sites for hydroxylation is 1. The van der Waals surface area contributed by atoms with E-state index >= 15 is 8.78 Å². The lowest BCUT2D eigenvalue weighted by Crippen LogP contribution is -2.37. The second-order valence-corrected chi connectivity index (χ2v) is 15.4. The molecule has 2 aliphatic carbocycles. The third kappa shape index (κ3) is 5.67. The van der Waals surface area contributed by atoms with Crippen molar-refractivity contribution >= 4 is 55.3 Å². The number of alkyl halides is 4. The zero-order valence-corrected chi connectivity index (χ0v) is 29.0. The molecule has 1 fully saturated rings. The zero-order chi connectivity index (χ0) is 37.9. The van der Waals surface area contributed by atoms with E-state index in [9.17, 15) is 30.8 Å². The van der Waals surface area contributed by atoms with Crippen LogP contribution < -0.4 is 10.5 Å². The number of pyridine rings is 1. The molecule has 4 atom stereocenters. The summed E-state index contributed by atoms with van der Waals surface area (Å²) < 4.78 is 119. The number of sulfonamides is 1. The average molecular weight is 778 g/mol. The first-order valence-electron chi connectivity index (χ1n) is 15.9. The van der Waals surface area contributed by atoms with Crippen molar-refractivity contribution in [2.45, 2.75) is 43.1 Å². The van der Waals surface area contributed by atoms with Gasteiger partial charge in [0.05, 0.1) is 39.6 Å². The van der Waals surface area contributed by atoms with E-state index in [0.717, 1.165) is 18.4 Å². The predicted octanol–water partition coefficient (Wildman–Crippen LogP) is 6.21. The third-order valence-electron chi connectivity index (χ3n) is 9.75. The molecule has 1 amide bonds. The molecule has 1 saturated carbocycles. The molecule has 0 radical (unpaired) electrons. The number of nitrogens with zero attached hydrogens (tertiary/aromatic N) is 6. The Balaban J connectivity index is 1.43. The largest absolute Gasteiger partial charge is 0.368 e. The molecule has 20 heteroatoms. The van der Waals surface area contributed by atoms with Crippen molar-refractivity contribution in [3.63, 3.8) is 0 Å². The van der Waals surface area contributed by atoms with E-state index in [2.05, 4.69) is 25.1 Å². The number of hydrogen-bond acceptors (Lipinski definition) is 7. The number of amides is 1. The molecule has 4 heterocycles. The van der Waals surface area contributed by atoms with Crippen LogP contribution in [0, 0.1) is 17.6 Å². The molecule has 1 unspecified atom stereocenters. The van der Waals surface area contributed by atoms with Crippen LogP contribution in [0.2, 0.25) is 5.02 Å². The van der Waals surface area contributed by atoms with E-state index in [1.54, 1.807) is 12.1 Å². The van der Waals surface area contributed by atoms with Gasteiger partial charge in [0.25, 0.3) is 12.3 Å². The van der Waals surface area contributed by atoms with E-state index in [0.29, 0.717) is 16.3 Å². The molecule has 2 aromatic carbocycles. The molecule has 12 nitrogen and oxygen atoms in total. The van der Waals surface area contributed by atoms with E-state index < -0.39 is 81.5 Å². The van der Waals surface area contributed by atoms with Crippen LogP contribution in [-0.2, 0) is 34.2 Å². The van der Waals surface area contributed by atoms with Crippen molar-refractivity contribution in [2.24, 2.45) is 18.7 Å². The SMILES string of the molecule is Cn1nc(NS(C)(=O)=O)c2c(Cl)ccc(-c3cc4[nH]ncc4nc3[C@H](Cc3cc(F)cc(F)c3)C(C(N)=O)n3nc(C(F)F)c4c3C(F)(F)[C@@H]3C[C@H]43)c21. The maximum atomic E-state index is 16.0. The smallest absolute Gasteiger partial charge is 0.293 e. The molecule has 8 rings (SSSR count). The second-order valence-electron chi connectivity index (χ2n) is 13.3. The minimum Gasteiger partial charge on any atom is -0.368 e. The fraction of sp³-hybridized carbons (Fsp3) is 0.303. The molecule has 0 aliphatic heterocycles. The summed E-state index contributed by atoms with van der Waals surface area (Å²) in [6, 6.07) is 5.14. The number of aromatic nitrogens is 7. The number of benzene rings is 2. The van der Waals surface area contributed by atoms with Gasteiger partial charge in [-0.3, -0.25) is 19.3 Å². The number of fused-ring (bicyclic) bond motifs is 5. The van der Waals surface area contributed by atoms with Crippen LogP contribution in [0.4, 0.5) is 32.2 Å². The van der Waals surface area contributed by atoms with E-state index in [-0.39, 0.29) is 61.6 Å². The number of carbonyl (C=O) groups is 1. The van der Waals surface area contributed by atoms with Crippen molar-refractivity contribution in [3.05, 3.63) is 87.5 Å². The molecule has 276 valence electrons. The Labute approximate surface area is 300 Å². The number of primary amides is 1. The van der Waals surface area contributed by atoms with E-state index in [1.165, 1.54) is 24.0 Å². The average Bonchev–Trinajstić information content (AvgIpc) is 3.28. The van der Waals surface area contributed by atoms with Crippen molar-refractivity contribution in [1.82, 2.24) is 34.7 Å². The second kappa shape index (κ2) is 11.9. The number of nitrogens with one attached hydrogen (secondary N) is 2. The molecule has 4 aromatic heterocycles. The summed E-state index contributed by atoms with van der Waals surface area (Å²) in [7, 11) is -2.35. The number of anilines is 1. The summed E-state index contributed by atoms with van der Waals surface area (Å²) in [5.41, 5.74) is 5.02. The highest BCUT2D eigenvalue weighted by atomic mass is 35.5. The van der Waals surface area contributed by atoms with Gasteiger partial charge in [-0.15, -0.1) is 0 Å². The maximum absolute atomic E-state index is 16.0. The van der Waals surface area contributed by atoms with Gasteiger partial charge in [-0.1, -0.05) is 17.7 Å². The highest BCUT2D eigenvalue weighted by Gasteiger charge is 2.67. The van der Waals surface area contributed by atoms with Gasteiger partial charge in [-0.05, 0) is 48.6 Å². The fourth-order valence-corrected chi connectivity index (χ4v) is 8.42. The standard InChI is InChI=1S/C33H26ClF6N9O3S/c1-48-27-15(3-4-20(34)24(27)32(46-48)47-53(2,51)52)16-10-21-22(11-42-44-21)43-25(16)18(7-12-5-13(35)8-14(36)6-12)28(31(41)50)49-29-23(26(45-49)30(37)38)17-9-19(17)33(29,39)40/h3-6,8,10-11,17-19,28,30H,7,9H2,1-2H3,(H2,41,50)(H,42,44)(H,46,47)/t17-,18-,19+,28?/m0/s1. The first-order chi connectivity index (χ1) is 24.9. The van der Waals surface area contributed by atoms with Gasteiger partial charge < -0.3 is 5.73 Å². The highest BCUT2D eigenvalue weighted by Crippen LogP contribution is 2.68. The third-order valence-corrected chi connectivity index (χ3v) is 10.6. The molecule has 0 saturated heterocycles. The Morgan fingerprint density at radius 2 is 1.83 bits per heavy atom. The normalized spacial score (nSPS) is 18.8. The van der Waals surface area contributed by atoms with Crippen molar-refractivity contribution in [3.8, 4) is 11.1 Å². The Morgan fingerprint density at radius 1 is 1.11 bits per heavy atom. The minimum atomic E-state index is -3.85. The van der Waals surface area contributed by atoms with Crippen molar-refractivity contribution in [1.29, 1.82) is 0 Å². The maximum Gasteiger partial charge on any atom is 0.293 e. The topological polar surface area (TPSA) is 166 Å². The van der Waals surface area contributed by atoms with Crippen LogP contribution in [0.25, 0.3) is 33.1 Å². The van der Waals surface area contributed by atoms with E-state index in [4.69, 9.17) is 22.3 Å². The summed E-state index contributed by atoms with van der Waals surface area (Å²) >= 11 is 6.58. The first-order valence-corrected chi connectivity index (χ1v) is 18.2.